The van der Waals surface area contributed by atoms with E-state index in [9.17, 15) is 23.3 Å². The van der Waals surface area contributed by atoms with Crippen LogP contribution in [0.15, 0.2) is 53.4 Å². The maximum Gasteiger partial charge on any atom is 0.269 e. The Labute approximate surface area is 175 Å². The molecule has 0 heterocycles. The maximum absolute atomic E-state index is 12.7. The molecular weight excluding hydrogens is 410 g/mol. The van der Waals surface area contributed by atoms with Gasteiger partial charge in [-0.15, -0.1) is 0 Å². The van der Waals surface area contributed by atoms with Crippen LogP contribution in [0.25, 0.3) is 6.08 Å². The van der Waals surface area contributed by atoms with Crippen molar-refractivity contribution in [2.75, 3.05) is 25.5 Å². The van der Waals surface area contributed by atoms with Gasteiger partial charge in [-0.25, -0.2) is 8.42 Å². The molecule has 0 atom stereocenters. The number of hydrogen-bond donors (Lipinski definition) is 1. The molecule has 0 aliphatic carbocycles. The first-order chi connectivity index (χ1) is 14.2. The second kappa shape index (κ2) is 9.99. The summed E-state index contributed by atoms with van der Waals surface area (Å²) >= 11 is 0. The fourth-order valence-electron chi connectivity index (χ4n) is 2.71. The van der Waals surface area contributed by atoms with Crippen LogP contribution in [0.2, 0.25) is 0 Å². The molecule has 2 aromatic carbocycles. The number of anilines is 1. The summed E-state index contributed by atoms with van der Waals surface area (Å²) < 4.78 is 32.0. The number of methoxy groups -OCH3 is 1. The van der Waals surface area contributed by atoms with Gasteiger partial charge < -0.3 is 10.1 Å². The van der Waals surface area contributed by atoms with E-state index in [0.717, 1.165) is 0 Å². The summed E-state index contributed by atoms with van der Waals surface area (Å²) in [4.78, 5) is 22.5. The lowest BCUT2D eigenvalue weighted by Gasteiger charge is -2.19. The van der Waals surface area contributed by atoms with Gasteiger partial charge in [0, 0.05) is 31.3 Å². The molecule has 0 saturated heterocycles. The highest BCUT2D eigenvalue weighted by molar-refractivity contribution is 7.89. The molecule has 0 aromatic heterocycles. The zero-order valence-electron chi connectivity index (χ0n) is 16.9. The van der Waals surface area contributed by atoms with Crippen molar-refractivity contribution >= 4 is 33.4 Å². The molecule has 160 valence electrons. The van der Waals surface area contributed by atoms with Gasteiger partial charge >= 0.3 is 0 Å². The van der Waals surface area contributed by atoms with Crippen LogP contribution >= 0.6 is 0 Å². The third-order valence-corrected chi connectivity index (χ3v) is 6.35. The molecule has 0 fully saturated rings. The zero-order valence-corrected chi connectivity index (χ0v) is 17.7. The lowest BCUT2D eigenvalue weighted by atomic mass is 10.2. The Kier molecular flexibility index (Phi) is 7.67. The Bertz CT molecular complexity index is 1040. The van der Waals surface area contributed by atoms with E-state index in [0.29, 0.717) is 24.4 Å². The van der Waals surface area contributed by atoms with Crippen molar-refractivity contribution in [2.45, 2.75) is 18.7 Å². The van der Waals surface area contributed by atoms with E-state index < -0.39 is 20.9 Å². The largest absolute Gasteiger partial charge is 0.495 e. The van der Waals surface area contributed by atoms with Crippen LogP contribution in [0.3, 0.4) is 0 Å². The monoisotopic (exact) mass is 433 g/mol. The molecule has 0 bridgehead atoms. The average molecular weight is 433 g/mol. The number of benzene rings is 2. The highest BCUT2D eigenvalue weighted by Gasteiger charge is 2.23. The second-order valence-corrected chi connectivity index (χ2v) is 8.06. The van der Waals surface area contributed by atoms with Gasteiger partial charge in [0.25, 0.3) is 5.69 Å². The summed E-state index contributed by atoms with van der Waals surface area (Å²) in [5, 5.41) is 13.3. The summed E-state index contributed by atoms with van der Waals surface area (Å²) in [6.45, 7) is 4.14. The predicted molar refractivity (Wildman–Crippen MR) is 114 cm³/mol. The molecule has 0 saturated carbocycles. The summed E-state index contributed by atoms with van der Waals surface area (Å²) in [5.74, 6) is -0.199. The van der Waals surface area contributed by atoms with Gasteiger partial charge in [-0.05, 0) is 42.0 Å². The number of nitrogens with zero attached hydrogens (tertiary/aromatic N) is 2. The molecule has 0 spiro atoms. The Morgan fingerprint density at radius 2 is 1.80 bits per heavy atom. The normalized spacial score (nSPS) is 11.6. The first-order valence-corrected chi connectivity index (χ1v) is 10.6. The van der Waals surface area contributed by atoms with E-state index >= 15 is 0 Å². The van der Waals surface area contributed by atoms with Crippen LogP contribution in [0.1, 0.15) is 19.4 Å². The smallest absolute Gasteiger partial charge is 0.269 e. The second-order valence-electron chi connectivity index (χ2n) is 6.12. The minimum atomic E-state index is -3.70. The quantitative estimate of drug-likeness (QED) is 0.368. The molecule has 9 nitrogen and oxygen atoms in total. The van der Waals surface area contributed by atoms with Crippen molar-refractivity contribution in [1.82, 2.24) is 4.31 Å². The highest BCUT2D eigenvalue weighted by Crippen LogP contribution is 2.29. The number of carbonyl (C=O) groups excluding carboxylic acids is 1. The third kappa shape index (κ3) is 5.43. The van der Waals surface area contributed by atoms with Crippen LogP contribution in [-0.4, -0.2) is 43.8 Å². The van der Waals surface area contributed by atoms with Crippen molar-refractivity contribution < 1.29 is 22.9 Å². The van der Waals surface area contributed by atoms with E-state index in [1.165, 1.54) is 66.0 Å². The lowest BCUT2D eigenvalue weighted by molar-refractivity contribution is -0.384. The third-order valence-electron chi connectivity index (χ3n) is 4.30. The molecular formula is C20H23N3O6S. The maximum atomic E-state index is 12.7. The fourth-order valence-corrected chi connectivity index (χ4v) is 4.20. The number of amides is 1. The van der Waals surface area contributed by atoms with Gasteiger partial charge in [0.05, 0.1) is 22.6 Å². The van der Waals surface area contributed by atoms with Gasteiger partial charge in [0.2, 0.25) is 15.9 Å². The number of ether oxygens (including phenoxy) is 1. The molecule has 0 aliphatic heterocycles. The van der Waals surface area contributed by atoms with Crippen LogP contribution in [-0.2, 0) is 14.8 Å². The number of nitro groups is 1. The Hall–Kier alpha value is -3.24. The first-order valence-electron chi connectivity index (χ1n) is 9.14. The van der Waals surface area contributed by atoms with Crippen molar-refractivity contribution in [1.29, 1.82) is 0 Å². The van der Waals surface area contributed by atoms with Gasteiger partial charge in [-0.1, -0.05) is 13.8 Å². The van der Waals surface area contributed by atoms with E-state index in [1.54, 1.807) is 13.8 Å². The minimum absolute atomic E-state index is 0.0432. The van der Waals surface area contributed by atoms with Gasteiger partial charge in [0.1, 0.15) is 5.75 Å². The molecule has 1 amide bonds. The first kappa shape index (κ1) is 23.0. The van der Waals surface area contributed by atoms with Crippen LogP contribution in [0, 0.1) is 10.1 Å². The van der Waals surface area contributed by atoms with Crippen molar-refractivity contribution in [3.8, 4) is 5.75 Å². The van der Waals surface area contributed by atoms with Crippen LogP contribution in [0.4, 0.5) is 11.4 Å². The van der Waals surface area contributed by atoms with E-state index in [-0.39, 0.29) is 16.3 Å². The number of nitro benzene ring substituents is 1. The van der Waals surface area contributed by atoms with Crippen LogP contribution in [0.5, 0.6) is 5.75 Å². The Morgan fingerprint density at radius 3 is 2.33 bits per heavy atom. The van der Waals surface area contributed by atoms with Gasteiger partial charge in [-0.3, -0.25) is 14.9 Å². The summed E-state index contributed by atoms with van der Waals surface area (Å²) in [7, 11) is -2.28. The summed E-state index contributed by atoms with van der Waals surface area (Å²) in [5.41, 5.74) is 0.761. The number of rotatable bonds is 9. The van der Waals surface area contributed by atoms with Gasteiger partial charge in [-0.2, -0.15) is 4.31 Å². The molecule has 0 radical (unpaired) electrons. The van der Waals surface area contributed by atoms with E-state index in [1.807, 2.05) is 0 Å². The average Bonchev–Trinajstić information content (AvgIpc) is 2.73. The molecule has 30 heavy (non-hydrogen) atoms. The van der Waals surface area contributed by atoms with Gasteiger partial charge in [0.15, 0.2) is 0 Å². The predicted octanol–water partition coefficient (Wildman–Crippen LogP) is 3.29. The highest BCUT2D eigenvalue weighted by atomic mass is 32.2. The molecule has 2 rings (SSSR count). The Morgan fingerprint density at radius 1 is 1.17 bits per heavy atom. The topological polar surface area (TPSA) is 119 Å². The van der Waals surface area contributed by atoms with Crippen molar-refractivity contribution in [2.24, 2.45) is 0 Å². The van der Waals surface area contributed by atoms with E-state index in [4.69, 9.17) is 4.74 Å². The summed E-state index contributed by atoms with van der Waals surface area (Å²) in [6, 6.07) is 9.95. The molecule has 10 heteroatoms. The minimum Gasteiger partial charge on any atom is -0.495 e. The van der Waals surface area contributed by atoms with Crippen LogP contribution < -0.4 is 10.1 Å². The number of carbonyl (C=O) groups is 1. The van der Waals surface area contributed by atoms with E-state index in [2.05, 4.69) is 5.32 Å². The molecule has 0 unspecified atom stereocenters. The summed E-state index contributed by atoms with van der Waals surface area (Å²) in [6.07, 6.45) is 2.73. The zero-order chi connectivity index (χ0) is 22.3. The number of hydrogen-bond acceptors (Lipinski definition) is 6. The Balaban J connectivity index is 2.24. The number of non-ortho nitro benzene ring substituents is 1. The van der Waals surface area contributed by atoms with Crippen molar-refractivity contribution in [3.05, 3.63) is 64.2 Å². The molecule has 2 aromatic rings. The number of sulfonamides is 1. The molecule has 1 N–H and O–H groups in total. The van der Waals surface area contributed by atoms with Crippen molar-refractivity contribution in [3.63, 3.8) is 0 Å². The molecule has 0 aliphatic rings. The lowest BCUT2D eigenvalue weighted by Crippen LogP contribution is -2.30. The standard InChI is InChI=1S/C20H23N3O6S/c1-4-22(5-2)30(27,28)17-11-12-19(29-3)18(14-17)21-20(24)13-8-15-6-9-16(10-7-15)23(25)26/h6-14H,4-5H2,1-3H3,(H,21,24)/b13-8+. The number of nitrogens with one attached hydrogen (secondary N) is 1. The SMILES string of the molecule is CCN(CC)S(=O)(=O)c1ccc(OC)c(NC(=O)/C=C/c2ccc([N+](=O)[O-])cc2)c1. The fraction of sp³-hybridized carbons (Fsp3) is 0.250.